The van der Waals surface area contributed by atoms with Gasteiger partial charge in [0.05, 0.1) is 13.0 Å². The van der Waals surface area contributed by atoms with Crippen molar-refractivity contribution in [3.05, 3.63) is 0 Å². The molecule has 1 fully saturated rings. The molecule has 0 bridgehead atoms. The zero-order valence-corrected chi connectivity index (χ0v) is 5.51. The quantitative estimate of drug-likeness (QED) is 0.550. The van der Waals surface area contributed by atoms with E-state index in [1.807, 2.05) is 0 Å². The number of halogens is 2. The number of esters is 1. The predicted octanol–water partition coefficient (Wildman–Crippen LogP) is 1.06. The van der Waals surface area contributed by atoms with Crippen LogP contribution in [0.2, 0.25) is 0 Å². The van der Waals surface area contributed by atoms with E-state index in [1.54, 1.807) is 0 Å². The van der Waals surface area contributed by atoms with Gasteiger partial charge in [0.1, 0.15) is 0 Å². The number of methoxy groups -OCH3 is 1. The van der Waals surface area contributed by atoms with E-state index in [0.717, 1.165) is 0 Å². The van der Waals surface area contributed by atoms with Gasteiger partial charge in [0.2, 0.25) is 6.43 Å². The molecule has 0 N–H and O–H groups in total. The Balaban J connectivity index is 2.31. The minimum atomic E-state index is -2.37. The maximum absolute atomic E-state index is 11.8. The normalized spacial score (nSPS) is 30.4. The first kappa shape index (κ1) is 7.44. The molecule has 4 heteroatoms. The fourth-order valence-corrected chi connectivity index (χ4v) is 0.916. The number of rotatable bonds is 2. The highest BCUT2D eigenvalue weighted by Crippen LogP contribution is 2.43. The van der Waals surface area contributed by atoms with Gasteiger partial charge in [-0.3, -0.25) is 4.79 Å². The second-order valence-electron chi connectivity index (χ2n) is 2.36. The third-order valence-electron chi connectivity index (χ3n) is 1.67. The van der Waals surface area contributed by atoms with Crippen LogP contribution in [0.25, 0.3) is 0 Å². The van der Waals surface area contributed by atoms with Gasteiger partial charge >= 0.3 is 5.97 Å². The van der Waals surface area contributed by atoms with Crippen LogP contribution in [0, 0.1) is 11.8 Å². The van der Waals surface area contributed by atoms with E-state index in [9.17, 15) is 13.6 Å². The van der Waals surface area contributed by atoms with E-state index >= 15 is 0 Å². The van der Waals surface area contributed by atoms with E-state index in [0.29, 0.717) is 0 Å². The van der Waals surface area contributed by atoms with Crippen molar-refractivity contribution in [3.8, 4) is 0 Å². The fourth-order valence-electron chi connectivity index (χ4n) is 0.916. The summed E-state index contributed by atoms with van der Waals surface area (Å²) in [5, 5.41) is 0. The SMILES string of the molecule is COC(=O)[C@@H]1C[C@H]1C(F)F. The van der Waals surface area contributed by atoms with Crippen LogP contribution < -0.4 is 0 Å². The molecule has 0 unspecified atom stereocenters. The highest BCUT2D eigenvalue weighted by atomic mass is 19.3. The van der Waals surface area contributed by atoms with E-state index in [4.69, 9.17) is 0 Å². The molecule has 0 radical (unpaired) electrons. The lowest BCUT2D eigenvalue weighted by Gasteiger charge is -1.95. The van der Waals surface area contributed by atoms with Crippen LogP contribution in [0.3, 0.4) is 0 Å². The fraction of sp³-hybridized carbons (Fsp3) is 0.833. The second kappa shape index (κ2) is 2.52. The minimum absolute atomic E-state index is 0.282. The molecule has 0 aromatic rings. The van der Waals surface area contributed by atoms with Gasteiger partial charge in [-0.1, -0.05) is 0 Å². The molecular formula is C6H8F2O2. The first-order valence-electron chi connectivity index (χ1n) is 3.02. The van der Waals surface area contributed by atoms with E-state index in [1.165, 1.54) is 7.11 Å². The monoisotopic (exact) mass is 150 g/mol. The summed E-state index contributed by atoms with van der Waals surface area (Å²) in [4.78, 5) is 10.5. The summed E-state index contributed by atoms with van der Waals surface area (Å²) >= 11 is 0. The number of carbonyl (C=O) groups excluding carboxylic acids is 1. The molecule has 2 atom stereocenters. The number of hydrogen-bond acceptors (Lipinski definition) is 2. The third-order valence-corrected chi connectivity index (χ3v) is 1.67. The van der Waals surface area contributed by atoms with Gasteiger partial charge < -0.3 is 4.74 Å². The van der Waals surface area contributed by atoms with Crippen LogP contribution in [0.1, 0.15) is 6.42 Å². The van der Waals surface area contributed by atoms with Crippen LogP contribution in [0.5, 0.6) is 0 Å². The lowest BCUT2D eigenvalue weighted by atomic mass is 10.3. The van der Waals surface area contributed by atoms with Gasteiger partial charge in [0.25, 0.3) is 0 Å². The second-order valence-corrected chi connectivity index (χ2v) is 2.36. The van der Waals surface area contributed by atoms with Crippen molar-refractivity contribution < 1.29 is 18.3 Å². The largest absolute Gasteiger partial charge is 0.469 e. The Bertz CT molecular complexity index is 147. The van der Waals surface area contributed by atoms with Crippen molar-refractivity contribution in [1.82, 2.24) is 0 Å². The average molecular weight is 150 g/mol. The number of carbonyl (C=O) groups is 1. The van der Waals surface area contributed by atoms with E-state index in [2.05, 4.69) is 4.74 Å². The molecule has 1 rings (SSSR count). The number of ether oxygens (including phenoxy) is 1. The topological polar surface area (TPSA) is 26.3 Å². The summed E-state index contributed by atoms with van der Waals surface area (Å²) in [6, 6.07) is 0. The van der Waals surface area contributed by atoms with Gasteiger partial charge in [-0.25, -0.2) is 8.78 Å². The molecule has 1 aliphatic carbocycles. The van der Waals surface area contributed by atoms with Crippen LogP contribution >= 0.6 is 0 Å². The summed E-state index contributed by atoms with van der Waals surface area (Å²) in [7, 11) is 1.21. The van der Waals surface area contributed by atoms with Gasteiger partial charge in [0.15, 0.2) is 0 Å². The van der Waals surface area contributed by atoms with Crippen molar-refractivity contribution >= 4 is 5.97 Å². The first-order chi connectivity index (χ1) is 4.66. The summed E-state index contributed by atoms with van der Waals surface area (Å²) < 4.78 is 27.8. The maximum Gasteiger partial charge on any atom is 0.309 e. The molecule has 0 spiro atoms. The smallest absolute Gasteiger partial charge is 0.309 e. The van der Waals surface area contributed by atoms with Gasteiger partial charge in [0, 0.05) is 5.92 Å². The molecular weight excluding hydrogens is 142 g/mol. The van der Waals surface area contributed by atoms with Crippen LogP contribution in [-0.4, -0.2) is 19.5 Å². The Labute approximate surface area is 57.2 Å². The van der Waals surface area contributed by atoms with E-state index in [-0.39, 0.29) is 6.42 Å². The highest BCUT2D eigenvalue weighted by molar-refractivity contribution is 5.75. The molecule has 0 heterocycles. The van der Waals surface area contributed by atoms with Gasteiger partial charge in [-0.15, -0.1) is 0 Å². The standard InChI is InChI=1S/C6H8F2O2/c1-10-6(9)4-2-3(4)5(7)8/h3-5H,2H2,1H3/t3-,4-/m1/s1. The van der Waals surface area contributed by atoms with Crippen molar-refractivity contribution in [2.45, 2.75) is 12.8 Å². The molecule has 2 nitrogen and oxygen atoms in total. The average Bonchev–Trinajstić information content (AvgIpc) is 2.64. The molecule has 0 saturated heterocycles. The zero-order chi connectivity index (χ0) is 7.72. The highest BCUT2D eigenvalue weighted by Gasteiger charge is 2.49. The summed E-state index contributed by atoms with van der Waals surface area (Å²) in [6.07, 6.45) is -2.09. The predicted molar refractivity (Wildman–Crippen MR) is 29.6 cm³/mol. The zero-order valence-electron chi connectivity index (χ0n) is 5.51. The van der Waals surface area contributed by atoms with E-state index < -0.39 is 24.2 Å². The Kier molecular flexibility index (Phi) is 1.87. The molecule has 10 heavy (non-hydrogen) atoms. The lowest BCUT2D eigenvalue weighted by molar-refractivity contribution is -0.143. The lowest BCUT2D eigenvalue weighted by Crippen LogP contribution is -2.07. The third kappa shape index (κ3) is 1.25. The maximum atomic E-state index is 11.8. The molecule has 0 amide bonds. The van der Waals surface area contributed by atoms with Crippen LogP contribution in [-0.2, 0) is 9.53 Å². The first-order valence-corrected chi connectivity index (χ1v) is 3.02. The molecule has 0 aliphatic heterocycles. The summed E-state index contributed by atoms with van der Waals surface area (Å²) in [6.45, 7) is 0. The van der Waals surface area contributed by atoms with Crippen molar-refractivity contribution in [3.63, 3.8) is 0 Å². The van der Waals surface area contributed by atoms with Crippen LogP contribution in [0.4, 0.5) is 8.78 Å². The molecule has 0 aromatic carbocycles. The molecule has 1 aliphatic rings. The van der Waals surface area contributed by atoms with Gasteiger partial charge in [-0.2, -0.15) is 0 Å². The molecule has 58 valence electrons. The van der Waals surface area contributed by atoms with Crippen molar-refractivity contribution in [2.75, 3.05) is 7.11 Å². The Hall–Kier alpha value is -0.670. The Morgan fingerprint density at radius 1 is 1.70 bits per heavy atom. The molecule has 1 saturated carbocycles. The Morgan fingerprint density at radius 2 is 2.30 bits per heavy atom. The summed E-state index contributed by atoms with van der Waals surface area (Å²) in [5.41, 5.74) is 0. The number of hydrogen-bond donors (Lipinski definition) is 0. The van der Waals surface area contributed by atoms with Crippen molar-refractivity contribution in [1.29, 1.82) is 0 Å². The number of alkyl halides is 2. The minimum Gasteiger partial charge on any atom is -0.469 e. The van der Waals surface area contributed by atoms with Gasteiger partial charge in [-0.05, 0) is 6.42 Å². The van der Waals surface area contributed by atoms with Crippen molar-refractivity contribution in [2.24, 2.45) is 11.8 Å². The summed E-state index contributed by atoms with van der Waals surface area (Å²) in [5.74, 6) is -1.79. The van der Waals surface area contributed by atoms with Crippen LogP contribution in [0.15, 0.2) is 0 Å². The Morgan fingerprint density at radius 3 is 2.60 bits per heavy atom. The molecule has 0 aromatic heterocycles.